The van der Waals surface area contributed by atoms with Crippen LogP contribution >= 0.6 is 48.9 Å². The molecular formula is C84H97N5O8S4. The van der Waals surface area contributed by atoms with Crippen LogP contribution in [0.25, 0.3) is 0 Å². The number of aryl methyl sites for hydroxylation is 3. The van der Waals surface area contributed by atoms with Crippen molar-refractivity contribution in [3.63, 3.8) is 0 Å². The molecule has 8 aromatic carbocycles. The Morgan fingerprint density at radius 2 is 0.921 bits per heavy atom. The molecule has 4 aliphatic rings. The lowest BCUT2D eigenvalue weighted by atomic mass is 9.76. The van der Waals surface area contributed by atoms with E-state index in [1.54, 1.807) is 54.6 Å². The lowest BCUT2D eigenvalue weighted by molar-refractivity contribution is 0.224. The average Bonchev–Trinajstić information content (AvgIpc) is 0.743. The van der Waals surface area contributed by atoms with Crippen molar-refractivity contribution in [2.45, 2.75) is 136 Å². The monoisotopic (exact) mass is 1430 g/mol. The van der Waals surface area contributed by atoms with E-state index in [1.807, 2.05) is 60.7 Å². The molecule has 0 bridgehead atoms. The second kappa shape index (κ2) is 35.1. The molecule has 0 radical (unpaired) electrons. The van der Waals surface area contributed by atoms with Crippen molar-refractivity contribution < 1.29 is 40.9 Å². The smallest absolute Gasteiger partial charge is 0.169 e. The number of nitrogens with one attached hydrogen (secondary N) is 1. The Kier molecular flexibility index (Phi) is 26.4. The van der Waals surface area contributed by atoms with Gasteiger partial charge in [-0.2, -0.15) is 0 Å². The van der Waals surface area contributed by atoms with Gasteiger partial charge in [0.15, 0.2) is 51.1 Å². The SMILES string of the molecule is C=CCCC(=S)N1CCc2cc(O)c(O)cc2C1C(C)C.C=CCNC(=S)N1CCc2cc(O)c(O)cc2C1c1ccccc1.CC(C)C1c2cc(O)c(O)cc2CCN1C(=S)CCc1ccccc1.Cc1ccc(CCCC(=S)N2CCc3cc(O)c(O)cc3C2(C)c2ccccc2)cc1. The van der Waals surface area contributed by atoms with Gasteiger partial charge >= 0.3 is 0 Å². The molecule has 13 nitrogen and oxygen atoms in total. The van der Waals surface area contributed by atoms with Crippen LogP contribution in [0.4, 0.5) is 0 Å². The van der Waals surface area contributed by atoms with Gasteiger partial charge in [0.05, 0.1) is 38.6 Å². The van der Waals surface area contributed by atoms with Crippen molar-refractivity contribution in [1.82, 2.24) is 24.9 Å². The Bertz CT molecular complexity index is 4210. The molecule has 8 aromatic rings. The molecule has 4 aliphatic heterocycles. The average molecular weight is 1430 g/mol. The van der Waals surface area contributed by atoms with Crippen LogP contribution in [0.5, 0.6) is 46.0 Å². The molecule has 9 N–H and O–H groups in total. The lowest BCUT2D eigenvalue weighted by Gasteiger charge is -2.48. The number of allylic oxidation sites excluding steroid dienone is 1. The van der Waals surface area contributed by atoms with Crippen LogP contribution < -0.4 is 5.32 Å². The Hall–Kier alpha value is -9.00. The molecule has 12 rings (SSSR count). The third kappa shape index (κ3) is 18.4. The number of nitrogens with zero attached hydrogens (tertiary/aromatic N) is 4. The summed E-state index contributed by atoms with van der Waals surface area (Å²) in [5.74, 6) is 0.187. The molecule has 0 amide bonds. The van der Waals surface area contributed by atoms with E-state index in [0.717, 1.165) is 167 Å². The number of phenolic OH excluding ortho intramolecular Hbond substituents is 8. The van der Waals surface area contributed by atoms with Crippen LogP contribution in [0.2, 0.25) is 0 Å². The largest absolute Gasteiger partial charge is 0.504 e. The molecule has 0 saturated heterocycles. The Balaban J connectivity index is 0.000000158. The van der Waals surface area contributed by atoms with Crippen molar-refractivity contribution in [3.8, 4) is 46.0 Å². The molecule has 4 heterocycles. The van der Waals surface area contributed by atoms with Gasteiger partial charge in [-0.3, -0.25) is 0 Å². The molecule has 0 aromatic heterocycles. The van der Waals surface area contributed by atoms with Gasteiger partial charge < -0.3 is 65.8 Å². The molecule has 0 aliphatic carbocycles. The van der Waals surface area contributed by atoms with E-state index in [1.165, 1.54) is 16.7 Å². The summed E-state index contributed by atoms with van der Waals surface area (Å²) in [4.78, 5) is 11.9. The van der Waals surface area contributed by atoms with Crippen molar-refractivity contribution in [2.75, 3.05) is 32.7 Å². The summed E-state index contributed by atoms with van der Waals surface area (Å²) in [5.41, 5.74) is 14.0. The molecule has 0 saturated carbocycles. The zero-order valence-electron chi connectivity index (χ0n) is 58.9. The predicted octanol–water partition coefficient (Wildman–Crippen LogP) is 17.5. The maximum Gasteiger partial charge on any atom is 0.169 e. The van der Waals surface area contributed by atoms with Crippen LogP contribution in [-0.2, 0) is 44.1 Å². The normalized spacial score (nSPS) is 17.2. The number of hydrogen-bond donors (Lipinski definition) is 9. The maximum atomic E-state index is 10.3. The maximum absolute atomic E-state index is 10.3. The second-order valence-electron chi connectivity index (χ2n) is 27.3. The van der Waals surface area contributed by atoms with Gasteiger partial charge in [0.2, 0.25) is 0 Å². The molecule has 530 valence electrons. The van der Waals surface area contributed by atoms with Crippen LogP contribution in [0.1, 0.15) is 157 Å². The van der Waals surface area contributed by atoms with E-state index in [4.69, 9.17) is 48.9 Å². The molecule has 101 heavy (non-hydrogen) atoms. The van der Waals surface area contributed by atoms with Crippen LogP contribution in [-0.4, -0.2) is 113 Å². The van der Waals surface area contributed by atoms with Crippen LogP contribution in [0.3, 0.4) is 0 Å². The first kappa shape index (κ1) is 76.2. The number of aromatic hydroxyl groups is 8. The highest BCUT2D eigenvalue weighted by molar-refractivity contribution is 7.80. The molecular weight excluding hydrogens is 1340 g/mol. The lowest BCUT2D eigenvalue weighted by Crippen LogP contribution is -2.51. The third-order valence-corrected chi connectivity index (χ3v) is 21.4. The summed E-state index contributed by atoms with van der Waals surface area (Å²) in [6.45, 7) is 24.2. The van der Waals surface area contributed by atoms with E-state index < -0.39 is 5.54 Å². The van der Waals surface area contributed by atoms with Gasteiger partial charge in [0, 0.05) is 45.6 Å². The molecule has 0 spiro atoms. The van der Waals surface area contributed by atoms with Gasteiger partial charge in [-0.1, -0.05) is 197 Å². The summed E-state index contributed by atoms with van der Waals surface area (Å²) < 4.78 is 0. The molecule has 17 heteroatoms. The Morgan fingerprint density at radius 1 is 0.485 bits per heavy atom. The van der Waals surface area contributed by atoms with Gasteiger partial charge in [-0.25, -0.2) is 0 Å². The summed E-state index contributed by atoms with van der Waals surface area (Å²) >= 11 is 22.9. The fourth-order valence-electron chi connectivity index (χ4n) is 14.5. The first-order valence-electron chi connectivity index (χ1n) is 35.0. The minimum absolute atomic E-state index is 0.0404. The van der Waals surface area contributed by atoms with Gasteiger partial charge in [-0.15, -0.1) is 13.2 Å². The van der Waals surface area contributed by atoms with Crippen LogP contribution in [0, 0.1) is 18.8 Å². The van der Waals surface area contributed by atoms with Crippen molar-refractivity contribution in [2.24, 2.45) is 11.8 Å². The zero-order chi connectivity index (χ0) is 72.7. The van der Waals surface area contributed by atoms with Crippen molar-refractivity contribution in [1.29, 1.82) is 0 Å². The van der Waals surface area contributed by atoms with E-state index >= 15 is 0 Å². The molecule has 4 unspecified atom stereocenters. The first-order chi connectivity index (χ1) is 48.4. The number of rotatable bonds is 16. The Labute approximate surface area is 618 Å². The summed E-state index contributed by atoms with van der Waals surface area (Å²) in [5, 5.41) is 83.2. The number of thiocarbonyl (C=S) groups is 4. The molecule has 0 fully saturated rings. The molecule has 4 atom stereocenters. The summed E-state index contributed by atoms with van der Waals surface area (Å²) in [6, 6.07) is 53.1. The van der Waals surface area contributed by atoms with Gasteiger partial charge in [0.25, 0.3) is 0 Å². The minimum atomic E-state index is -0.499. The highest BCUT2D eigenvalue weighted by Gasteiger charge is 2.42. The quantitative estimate of drug-likeness (QED) is 0.0252. The summed E-state index contributed by atoms with van der Waals surface area (Å²) in [7, 11) is 0. The standard InChI is InChI=1S/C27H29NO2S.C21H25NO2S.C19H20N2O2S.C17H23NO2S/c1-19-11-13-20(14-12-19)7-6-10-26(31)28-16-15-21-17-24(29)25(30)18-23(21)27(28,2)22-8-4-3-5-9-22;1-14(2)21-17-13-19(24)18(23)12-16(17)10-11-22(21)20(25)9-8-15-6-4-3-5-7-15;1-2-9-20-19(24)21-10-8-14-11-16(22)17(23)12-15(14)18(21)13-6-4-3-5-7-13;1-4-5-6-16(21)18-8-7-12-9-14(19)15(20)10-13(12)17(18)11(2)3/h3-5,8-9,11-14,17-18,29-30H,6-7,10,15-16H2,1-2H3;3-7,12-14,21,23-24H,8-11H2,1-2H3;2-7,11-12,18,22-23H,1,8-10H2,(H,20,24);4,9-11,17,19-20H,1,5-8H2,2-3H3. The number of hydrogen-bond acceptors (Lipinski definition) is 12. The van der Waals surface area contributed by atoms with Gasteiger partial charge in [0.1, 0.15) is 0 Å². The van der Waals surface area contributed by atoms with E-state index in [2.05, 4.69) is 140 Å². The van der Waals surface area contributed by atoms with Gasteiger partial charge in [-0.05, 0) is 211 Å². The fraction of sp³-hybridized carbons (Fsp3) is 0.333. The Morgan fingerprint density at radius 3 is 1.44 bits per heavy atom. The third-order valence-electron chi connectivity index (χ3n) is 19.7. The van der Waals surface area contributed by atoms with E-state index in [-0.39, 0.29) is 64.1 Å². The summed E-state index contributed by atoms with van der Waals surface area (Å²) in [6.07, 6.45) is 13.2. The highest BCUT2D eigenvalue weighted by atomic mass is 32.1. The van der Waals surface area contributed by atoms with Crippen molar-refractivity contribution in [3.05, 3.63) is 261 Å². The number of fused-ring (bicyclic) bond motifs is 4. The topological polar surface area (TPSA) is 187 Å². The highest BCUT2D eigenvalue weighted by Crippen LogP contribution is 2.47. The number of benzene rings is 8. The van der Waals surface area contributed by atoms with E-state index in [0.29, 0.717) is 23.5 Å². The predicted molar refractivity (Wildman–Crippen MR) is 424 cm³/mol. The zero-order valence-corrected chi connectivity index (χ0v) is 62.1. The minimum Gasteiger partial charge on any atom is -0.504 e. The number of phenols is 8. The fourth-order valence-corrected chi connectivity index (χ4v) is 15.9. The van der Waals surface area contributed by atoms with E-state index in [9.17, 15) is 40.9 Å². The second-order valence-corrected chi connectivity index (χ2v) is 29.1. The first-order valence-corrected chi connectivity index (χ1v) is 36.6. The van der Waals surface area contributed by atoms with Crippen LogP contribution in [0.15, 0.2) is 189 Å². The van der Waals surface area contributed by atoms with Crippen molar-refractivity contribution >= 4 is 68.9 Å².